The number of carbonyl (C=O) groups excluding carboxylic acids is 1. The van der Waals surface area contributed by atoms with Gasteiger partial charge in [-0.25, -0.2) is 8.42 Å². The van der Waals surface area contributed by atoms with Crippen molar-refractivity contribution in [1.29, 1.82) is 0 Å². The van der Waals surface area contributed by atoms with Crippen molar-refractivity contribution in [3.8, 4) is 5.75 Å². The first-order valence-corrected chi connectivity index (χ1v) is 14.0. The van der Waals surface area contributed by atoms with Crippen molar-refractivity contribution in [2.75, 3.05) is 41.4 Å². The number of rotatable bonds is 11. The average Bonchev–Trinajstić information content (AvgIpc) is 3.34. The summed E-state index contributed by atoms with van der Waals surface area (Å²) >= 11 is 0. The van der Waals surface area contributed by atoms with E-state index >= 15 is 0 Å². The highest BCUT2D eigenvalue weighted by atomic mass is 32.2. The maximum atomic E-state index is 13.3. The van der Waals surface area contributed by atoms with E-state index in [9.17, 15) is 13.2 Å². The molecule has 1 saturated heterocycles. The molecule has 11 nitrogen and oxygen atoms in total. The quantitative estimate of drug-likeness (QED) is 0.351. The monoisotopic (exact) mass is 557 g/mol. The molecule has 0 radical (unpaired) electrons. The molecule has 39 heavy (non-hydrogen) atoms. The molecule has 1 aliphatic heterocycles. The lowest BCUT2D eigenvalue weighted by atomic mass is 10.1. The molecule has 1 fully saturated rings. The Morgan fingerprint density at radius 2 is 1.64 bits per heavy atom. The van der Waals surface area contributed by atoms with E-state index in [2.05, 4.69) is 27.2 Å². The molecule has 0 N–H and O–H groups in total. The Balaban J connectivity index is 1.35. The standard InChI is InChI=1S/C27H35N5O6S/c1-18-11-22(36-5)12-19(2)25(18)39(34,35)31(4)17-24-28-29-26(38-24)27(33)30(3)13-20-7-9-21(10-8-20)14-32-15-23(16-32)37-6/h7-12,23H,13-17H2,1-6H3. The summed E-state index contributed by atoms with van der Waals surface area (Å²) in [6.07, 6.45) is 0.320. The van der Waals surface area contributed by atoms with Gasteiger partial charge in [-0.3, -0.25) is 9.69 Å². The molecule has 0 spiro atoms. The maximum absolute atomic E-state index is 13.3. The van der Waals surface area contributed by atoms with Gasteiger partial charge in [0, 0.05) is 47.4 Å². The molecular formula is C27H35N5O6S. The minimum absolute atomic E-state index is 0.0210. The van der Waals surface area contributed by atoms with Crippen LogP contribution in [0.1, 0.15) is 38.8 Å². The molecule has 0 aliphatic carbocycles. The van der Waals surface area contributed by atoms with Crippen LogP contribution in [0.5, 0.6) is 5.75 Å². The first-order chi connectivity index (χ1) is 18.5. The van der Waals surface area contributed by atoms with Gasteiger partial charge in [0.15, 0.2) is 0 Å². The fourth-order valence-corrected chi connectivity index (χ4v) is 6.11. The van der Waals surface area contributed by atoms with Crippen molar-refractivity contribution in [3.63, 3.8) is 0 Å². The van der Waals surface area contributed by atoms with Gasteiger partial charge in [-0.2, -0.15) is 4.31 Å². The number of methoxy groups -OCH3 is 2. The summed E-state index contributed by atoms with van der Waals surface area (Å²) in [6, 6.07) is 11.4. The average molecular weight is 558 g/mol. The third-order valence-electron chi connectivity index (χ3n) is 6.80. The van der Waals surface area contributed by atoms with Crippen molar-refractivity contribution in [1.82, 2.24) is 24.3 Å². The van der Waals surface area contributed by atoms with E-state index in [1.54, 1.807) is 40.1 Å². The van der Waals surface area contributed by atoms with Gasteiger partial charge < -0.3 is 18.8 Å². The first-order valence-electron chi connectivity index (χ1n) is 12.5. The number of benzene rings is 2. The van der Waals surface area contributed by atoms with Crippen molar-refractivity contribution in [2.45, 2.75) is 44.5 Å². The Kier molecular flexibility index (Phi) is 8.70. The summed E-state index contributed by atoms with van der Waals surface area (Å²) in [5.41, 5.74) is 3.29. The van der Waals surface area contributed by atoms with E-state index in [-0.39, 0.29) is 23.2 Å². The lowest BCUT2D eigenvalue weighted by Gasteiger charge is -2.38. The maximum Gasteiger partial charge on any atom is 0.311 e. The second-order valence-corrected chi connectivity index (χ2v) is 11.9. The second kappa shape index (κ2) is 11.8. The van der Waals surface area contributed by atoms with Gasteiger partial charge in [-0.1, -0.05) is 24.3 Å². The molecule has 4 rings (SSSR count). The molecule has 12 heteroatoms. The fourth-order valence-electron chi connectivity index (χ4n) is 4.59. The van der Waals surface area contributed by atoms with Crippen LogP contribution in [0.4, 0.5) is 0 Å². The van der Waals surface area contributed by atoms with Crippen LogP contribution in [0, 0.1) is 13.8 Å². The van der Waals surface area contributed by atoms with Crippen LogP contribution in [0.3, 0.4) is 0 Å². The molecule has 2 aromatic carbocycles. The van der Waals surface area contributed by atoms with Crippen LogP contribution in [0.2, 0.25) is 0 Å². The highest BCUT2D eigenvalue weighted by Crippen LogP contribution is 2.28. The topological polar surface area (TPSA) is 118 Å². The van der Waals surface area contributed by atoms with Crippen LogP contribution in [0.25, 0.3) is 0 Å². The number of sulfonamides is 1. The van der Waals surface area contributed by atoms with Crippen LogP contribution in [-0.4, -0.2) is 86.1 Å². The van der Waals surface area contributed by atoms with Gasteiger partial charge in [0.25, 0.3) is 0 Å². The Hall–Kier alpha value is -3.32. The molecule has 210 valence electrons. The van der Waals surface area contributed by atoms with E-state index in [1.165, 1.54) is 24.6 Å². The highest BCUT2D eigenvalue weighted by Gasteiger charge is 2.28. The van der Waals surface area contributed by atoms with Crippen LogP contribution in [-0.2, 0) is 34.4 Å². The summed E-state index contributed by atoms with van der Waals surface area (Å²) in [5, 5.41) is 7.76. The summed E-state index contributed by atoms with van der Waals surface area (Å²) in [4.78, 5) is 16.9. The number of aryl methyl sites for hydroxylation is 2. The van der Waals surface area contributed by atoms with Gasteiger partial charge in [-0.05, 0) is 48.2 Å². The predicted molar refractivity (Wildman–Crippen MR) is 144 cm³/mol. The number of ether oxygens (including phenoxy) is 2. The summed E-state index contributed by atoms with van der Waals surface area (Å²) in [6.45, 7) is 6.34. The first kappa shape index (κ1) is 28.7. The number of likely N-dealkylation sites (tertiary alicyclic amines) is 1. The number of aromatic nitrogens is 2. The predicted octanol–water partition coefficient (Wildman–Crippen LogP) is 2.62. The Morgan fingerprint density at radius 1 is 1.03 bits per heavy atom. The van der Waals surface area contributed by atoms with Crippen LogP contribution in [0.15, 0.2) is 45.7 Å². The number of hydrogen-bond acceptors (Lipinski definition) is 9. The van der Waals surface area contributed by atoms with Crippen molar-refractivity contribution in [3.05, 3.63) is 70.4 Å². The highest BCUT2D eigenvalue weighted by molar-refractivity contribution is 7.89. The van der Waals surface area contributed by atoms with Crippen LogP contribution >= 0.6 is 0 Å². The molecule has 1 aromatic heterocycles. The number of hydrogen-bond donors (Lipinski definition) is 0. The zero-order valence-corrected chi connectivity index (χ0v) is 24.0. The zero-order valence-electron chi connectivity index (χ0n) is 23.2. The summed E-state index contributed by atoms with van der Waals surface area (Å²) in [5.74, 6) is -0.0414. The molecule has 0 saturated carbocycles. The lowest BCUT2D eigenvalue weighted by Crippen LogP contribution is -2.50. The summed E-state index contributed by atoms with van der Waals surface area (Å²) in [7, 11) is 2.48. The SMILES string of the molecule is COc1cc(C)c(S(=O)(=O)N(C)Cc2nnc(C(=O)N(C)Cc3ccc(CN4CC(OC)C4)cc3)o2)c(C)c1. The van der Waals surface area contributed by atoms with E-state index < -0.39 is 15.9 Å². The van der Waals surface area contributed by atoms with Crippen molar-refractivity contribution in [2.24, 2.45) is 0 Å². The van der Waals surface area contributed by atoms with E-state index in [4.69, 9.17) is 13.9 Å². The molecule has 3 aromatic rings. The molecular weight excluding hydrogens is 522 g/mol. The van der Waals surface area contributed by atoms with Gasteiger partial charge in [0.1, 0.15) is 5.75 Å². The third-order valence-corrected chi connectivity index (χ3v) is 8.91. The van der Waals surface area contributed by atoms with Gasteiger partial charge >= 0.3 is 11.8 Å². The molecule has 2 heterocycles. The number of carbonyl (C=O) groups is 1. The molecule has 1 aliphatic rings. The van der Waals surface area contributed by atoms with Crippen molar-refractivity contribution >= 4 is 15.9 Å². The zero-order chi connectivity index (χ0) is 28.3. The number of nitrogens with zero attached hydrogens (tertiary/aromatic N) is 5. The van der Waals surface area contributed by atoms with Gasteiger partial charge in [-0.15, -0.1) is 10.2 Å². The van der Waals surface area contributed by atoms with E-state index in [1.807, 2.05) is 12.1 Å². The Morgan fingerprint density at radius 3 is 2.23 bits per heavy atom. The van der Waals surface area contributed by atoms with E-state index in [0.717, 1.165) is 29.5 Å². The summed E-state index contributed by atoms with van der Waals surface area (Å²) < 4.78 is 43.8. The lowest BCUT2D eigenvalue weighted by molar-refractivity contribution is -0.0334. The minimum atomic E-state index is -3.86. The normalized spacial score (nSPS) is 14.4. The largest absolute Gasteiger partial charge is 0.497 e. The Bertz CT molecular complexity index is 1390. The minimum Gasteiger partial charge on any atom is -0.497 e. The third kappa shape index (κ3) is 6.47. The Labute approximate surface area is 229 Å². The molecule has 0 unspecified atom stereocenters. The molecule has 0 bridgehead atoms. The smallest absolute Gasteiger partial charge is 0.311 e. The van der Waals surface area contributed by atoms with E-state index in [0.29, 0.717) is 29.5 Å². The van der Waals surface area contributed by atoms with Gasteiger partial charge in [0.05, 0.1) is 24.7 Å². The van der Waals surface area contributed by atoms with Gasteiger partial charge in [0.2, 0.25) is 15.9 Å². The number of amides is 1. The molecule has 1 amide bonds. The second-order valence-electron chi connectivity index (χ2n) is 9.88. The van der Waals surface area contributed by atoms with Crippen LogP contribution < -0.4 is 4.74 Å². The van der Waals surface area contributed by atoms with Crippen molar-refractivity contribution < 1.29 is 27.1 Å². The molecule has 0 atom stereocenters. The fraction of sp³-hybridized carbons (Fsp3) is 0.444.